The van der Waals surface area contributed by atoms with Crippen molar-refractivity contribution in [2.24, 2.45) is 5.41 Å². The van der Waals surface area contributed by atoms with Crippen molar-refractivity contribution < 1.29 is 9.59 Å². The lowest BCUT2D eigenvalue weighted by molar-refractivity contribution is -0.135. The summed E-state index contributed by atoms with van der Waals surface area (Å²) >= 11 is 0. The van der Waals surface area contributed by atoms with Crippen molar-refractivity contribution in [1.29, 1.82) is 5.26 Å². The van der Waals surface area contributed by atoms with Gasteiger partial charge in [0.2, 0.25) is 11.8 Å². The third-order valence-electron chi connectivity index (χ3n) is 3.96. The van der Waals surface area contributed by atoms with Gasteiger partial charge in [-0.25, -0.2) is 0 Å². The van der Waals surface area contributed by atoms with E-state index in [9.17, 15) is 9.59 Å². The van der Waals surface area contributed by atoms with Crippen LogP contribution >= 0.6 is 0 Å². The van der Waals surface area contributed by atoms with Crippen LogP contribution in [0.2, 0.25) is 0 Å². The van der Waals surface area contributed by atoms with E-state index >= 15 is 0 Å². The molecule has 0 unspecified atom stereocenters. The number of nitriles is 1. The fourth-order valence-electron chi connectivity index (χ4n) is 2.36. The lowest BCUT2D eigenvalue weighted by Crippen LogP contribution is -2.46. The number of likely N-dealkylation sites (tertiary alicyclic amines) is 1. The molecule has 1 saturated heterocycles. The van der Waals surface area contributed by atoms with Crippen LogP contribution in [0.4, 0.5) is 0 Å². The summed E-state index contributed by atoms with van der Waals surface area (Å²) in [6.45, 7) is 5.19. The second-order valence-corrected chi connectivity index (χ2v) is 5.03. The average molecular weight is 265 g/mol. The van der Waals surface area contributed by atoms with Crippen LogP contribution in [0.15, 0.2) is 0 Å². The quantitative estimate of drug-likeness (QED) is 0.817. The van der Waals surface area contributed by atoms with Crippen molar-refractivity contribution in [1.82, 2.24) is 10.2 Å². The molecule has 0 saturated carbocycles. The van der Waals surface area contributed by atoms with Gasteiger partial charge in [0.15, 0.2) is 0 Å². The molecule has 0 aliphatic carbocycles. The third-order valence-corrected chi connectivity index (χ3v) is 3.96. The number of nitrogens with one attached hydrogen (secondary N) is 1. The van der Waals surface area contributed by atoms with Gasteiger partial charge >= 0.3 is 0 Å². The average Bonchev–Trinajstić information content (AvgIpc) is 2.48. The summed E-state index contributed by atoms with van der Waals surface area (Å²) in [5.41, 5.74) is -0.998. The molecule has 0 bridgehead atoms. The second kappa shape index (κ2) is 7.13. The van der Waals surface area contributed by atoms with Gasteiger partial charge in [-0.2, -0.15) is 5.26 Å². The summed E-state index contributed by atoms with van der Waals surface area (Å²) in [4.78, 5) is 25.8. The molecule has 1 aliphatic heterocycles. The first-order valence-electron chi connectivity index (χ1n) is 7.07. The summed E-state index contributed by atoms with van der Waals surface area (Å²) in [6.07, 6.45) is 4.16. The lowest BCUT2D eigenvalue weighted by Gasteiger charge is -2.28. The minimum atomic E-state index is -0.998. The van der Waals surface area contributed by atoms with Crippen molar-refractivity contribution in [3.05, 3.63) is 0 Å². The third kappa shape index (κ3) is 3.69. The van der Waals surface area contributed by atoms with Crippen molar-refractivity contribution in [2.45, 2.75) is 46.0 Å². The van der Waals surface area contributed by atoms with E-state index in [0.29, 0.717) is 12.8 Å². The maximum absolute atomic E-state index is 12.0. The Morgan fingerprint density at radius 3 is 2.26 bits per heavy atom. The maximum Gasteiger partial charge on any atom is 0.241 e. The molecular weight excluding hydrogens is 242 g/mol. The number of amides is 2. The molecule has 5 heteroatoms. The molecule has 0 atom stereocenters. The lowest BCUT2D eigenvalue weighted by atomic mass is 9.83. The van der Waals surface area contributed by atoms with E-state index in [1.165, 1.54) is 6.42 Å². The SMILES string of the molecule is CCC(C#N)(CC)C(=O)NCC(=O)N1CCCCC1. The first kappa shape index (κ1) is 15.5. The predicted molar refractivity (Wildman–Crippen MR) is 72.1 cm³/mol. The van der Waals surface area contributed by atoms with Crippen LogP contribution in [0.3, 0.4) is 0 Å². The Balaban J connectivity index is 2.49. The Morgan fingerprint density at radius 1 is 1.21 bits per heavy atom. The number of carbonyl (C=O) groups excluding carboxylic acids is 2. The summed E-state index contributed by atoms with van der Waals surface area (Å²) in [7, 11) is 0. The zero-order valence-corrected chi connectivity index (χ0v) is 11.9. The molecule has 1 N–H and O–H groups in total. The Bertz CT molecular complexity index is 363. The van der Waals surface area contributed by atoms with E-state index < -0.39 is 5.41 Å². The summed E-state index contributed by atoms with van der Waals surface area (Å²) in [5.74, 6) is -0.377. The molecule has 2 amide bonds. The first-order valence-corrected chi connectivity index (χ1v) is 7.07. The second-order valence-electron chi connectivity index (χ2n) is 5.03. The van der Waals surface area contributed by atoms with Gasteiger partial charge in [0, 0.05) is 13.1 Å². The summed E-state index contributed by atoms with van der Waals surface area (Å²) in [6, 6.07) is 2.08. The van der Waals surface area contributed by atoms with Gasteiger partial charge in [-0.15, -0.1) is 0 Å². The molecule has 0 aromatic carbocycles. The normalized spacial score (nSPS) is 15.7. The molecule has 106 valence electrons. The van der Waals surface area contributed by atoms with Gasteiger partial charge in [-0.3, -0.25) is 9.59 Å². The molecule has 1 heterocycles. The molecule has 0 spiro atoms. The van der Waals surface area contributed by atoms with Gasteiger partial charge in [0.1, 0.15) is 5.41 Å². The molecular formula is C14H23N3O2. The van der Waals surface area contributed by atoms with Crippen LogP contribution in [0.25, 0.3) is 0 Å². The van der Waals surface area contributed by atoms with Crippen LogP contribution in [0.5, 0.6) is 0 Å². The Morgan fingerprint density at radius 2 is 1.79 bits per heavy atom. The minimum Gasteiger partial charge on any atom is -0.346 e. The van der Waals surface area contributed by atoms with Crippen LogP contribution in [0.1, 0.15) is 46.0 Å². The number of rotatable bonds is 5. The maximum atomic E-state index is 12.0. The van der Waals surface area contributed by atoms with Crippen molar-refractivity contribution >= 4 is 11.8 Å². The van der Waals surface area contributed by atoms with Crippen molar-refractivity contribution in [3.8, 4) is 6.07 Å². The molecule has 0 aromatic rings. The van der Waals surface area contributed by atoms with Gasteiger partial charge in [-0.05, 0) is 32.1 Å². The van der Waals surface area contributed by atoms with Gasteiger partial charge in [0.25, 0.3) is 0 Å². The molecule has 1 rings (SSSR count). The molecule has 0 aromatic heterocycles. The topological polar surface area (TPSA) is 73.2 Å². The molecule has 1 aliphatic rings. The van der Waals surface area contributed by atoms with Crippen LogP contribution in [-0.4, -0.2) is 36.3 Å². The largest absolute Gasteiger partial charge is 0.346 e. The summed E-state index contributed by atoms with van der Waals surface area (Å²) in [5, 5.41) is 11.8. The summed E-state index contributed by atoms with van der Waals surface area (Å²) < 4.78 is 0. The number of hydrogen-bond donors (Lipinski definition) is 1. The van der Waals surface area contributed by atoms with Crippen LogP contribution in [0, 0.1) is 16.7 Å². The highest BCUT2D eigenvalue weighted by atomic mass is 16.2. The number of hydrogen-bond acceptors (Lipinski definition) is 3. The Labute approximate surface area is 115 Å². The van der Waals surface area contributed by atoms with Crippen LogP contribution in [-0.2, 0) is 9.59 Å². The van der Waals surface area contributed by atoms with E-state index in [-0.39, 0.29) is 18.4 Å². The van der Waals surface area contributed by atoms with Crippen molar-refractivity contribution in [2.75, 3.05) is 19.6 Å². The smallest absolute Gasteiger partial charge is 0.241 e. The number of nitrogens with zero attached hydrogens (tertiary/aromatic N) is 2. The monoisotopic (exact) mass is 265 g/mol. The van der Waals surface area contributed by atoms with Gasteiger partial charge in [-0.1, -0.05) is 13.8 Å². The highest BCUT2D eigenvalue weighted by Crippen LogP contribution is 2.25. The van der Waals surface area contributed by atoms with E-state index in [1.807, 2.05) is 13.8 Å². The van der Waals surface area contributed by atoms with E-state index in [4.69, 9.17) is 5.26 Å². The molecule has 19 heavy (non-hydrogen) atoms. The standard InChI is InChI=1S/C14H23N3O2/c1-3-14(4-2,11-15)13(19)16-10-12(18)17-8-6-5-7-9-17/h3-10H2,1-2H3,(H,16,19). The fourth-order valence-corrected chi connectivity index (χ4v) is 2.36. The van der Waals surface area contributed by atoms with E-state index in [0.717, 1.165) is 25.9 Å². The van der Waals surface area contributed by atoms with E-state index in [2.05, 4.69) is 11.4 Å². The highest BCUT2D eigenvalue weighted by molar-refractivity contribution is 5.89. The zero-order chi connectivity index (χ0) is 14.3. The number of carbonyl (C=O) groups is 2. The van der Waals surface area contributed by atoms with Crippen LogP contribution < -0.4 is 5.32 Å². The fraction of sp³-hybridized carbons (Fsp3) is 0.786. The van der Waals surface area contributed by atoms with E-state index in [1.54, 1.807) is 4.90 Å². The number of piperidine rings is 1. The molecule has 1 fully saturated rings. The zero-order valence-electron chi connectivity index (χ0n) is 11.9. The Hall–Kier alpha value is -1.57. The first-order chi connectivity index (χ1) is 9.09. The van der Waals surface area contributed by atoms with Crippen molar-refractivity contribution in [3.63, 3.8) is 0 Å². The van der Waals surface area contributed by atoms with Gasteiger partial charge < -0.3 is 10.2 Å². The predicted octanol–water partition coefficient (Wildman–Crippen LogP) is 1.45. The molecule has 5 nitrogen and oxygen atoms in total. The molecule has 0 radical (unpaired) electrons. The Kier molecular flexibility index (Phi) is 5.81. The minimum absolute atomic E-state index is 0.00225. The highest BCUT2D eigenvalue weighted by Gasteiger charge is 2.35. The van der Waals surface area contributed by atoms with Gasteiger partial charge in [0.05, 0.1) is 12.6 Å².